The highest BCUT2D eigenvalue weighted by molar-refractivity contribution is 14.0. The Bertz CT molecular complexity index is 664. The number of nitrogens with one attached hydrogen (secondary N) is 2. The largest absolute Gasteiger partial charge is 0.379 e. The minimum Gasteiger partial charge on any atom is -0.379 e. The van der Waals surface area contributed by atoms with Gasteiger partial charge in [-0.15, -0.1) is 24.0 Å². The smallest absolute Gasteiger partial charge is 0.248 e. The van der Waals surface area contributed by atoms with Gasteiger partial charge in [-0.3, -0.25) is 9.69 Å². The van der Waals surface area contributed by atoms with Gasteiger partial charge in [0.1, 0.15) is 6.54 Å². The fourth-order valence-electron chi connectivity index (χ4n) is 3.56. The predicted octanol–water partition coefficient (Wildman–Crippen LogP) is 1.47. The topological polar surface area (TPSA) is 69.2 Å². The van der Waals surface area contributed by atoms with Gasteiger partial charge in [0.05, 0.1) is 13.2 Å². The summed E-state index contributed by atoms with van der Waals surface area (Å²) in [6.07, 6.45) is 0.918. The highest BCUT2D eigenvalue weighted by Gasteiger charge is 2.23. The SMILES string of the molecule is CCNC(=NCC(=O)N1CCc2ccccc21)NCC(C)N1CCOCC1.I. The summed E-state index contributed by atoms with van der Waals surface area (Å²) >= 11 is 0. The summed E-state index contributed by atoms with van der Waals surface area (Å²) in [5.41, 5.74) is 2.26. The number of carbonyl (C=O) groups is 1. The Hall–Kier alpha value is -1.39. The number of nitrogens with zero attached hydrogens (tertiary/aromatic N) is 3. The average Bonchev–Trinajstić information content (AvgIpc) is 3.14. The van der Waals surface area contributed by atoms with E-state index in [9.17, 15) is 4.79 Å². The van der Waals surface area contributed by atoms with E-state index in [2.05, 4.69) is 33.5 Å². The number of halogens is 1. The lowest BCUT2D eigenvalue weighted by Gasteiger charge is -2.32. The number of morpholine rings is 1. The van der Waals surface area contributed by atoms with E-state index in [1.165, 1.54) is 5.56 Å². The summed E-state index contributed by atoms with van der Waals surface area (Å²) in [6, 6.07) is 8.49. The Morgan fingerprint density at radius 1 is 1.21 bits per heavy atom. The molecule has 3 rings (SSSR count). The van der Waals surface area contributed by atoms with Gasteiger partial charge >= 0.3 is 0 Å². The minimum atomic E-state index is 0. The molecule has 1 atom stereocenters. The van der Waals surface area contributed by atoms with Gasteiger partial charge in [-0.2, -0.15) is 0 Å². The van der Waals surface area contributed by atoms with Crippen LogP contribution < -0.4 is 15.5 Å². The van der Waals surface area contributed by atoms with Crippen molar-refractivity contribution in [1.29, 1.82) is 0 Å². The first kappa shape index (κ1) is 22.9. The van der Waals surface area contributed by atoms with Crippen molar-refractivity contribution >= 4 is 41.5 Å². The van der Waals surface area contributed by atoms with Crippen LogP contribution >= 0.6 is 24.0 Å². The molecule has 0 spiro atoms. The highest BCUT2D eigenvalue weighted by atomic mass is 127. The van der Waals surface area contributed by atoms with E-state index >= 15 is 0 Å². The molecule has 1 unspecified atom stereocenters. The zero-order valence-corrected chi connectivity index (χ0v) is 19.1. The minimum absolute atomic E-state index is 0. The number of anilines is 1. The molecule has 7 nitrogen and oxygen atoms in total. The number of benzene rings is 1. The van der Waals surface area contributed by atoms with Gasteiger partial charge in [0.25, 0.3) is 0 Å². The number of hydrogen-bond donors (Lipinski definition) is 2. The lowest BCUT2D eigenvalue weighted by atomic mass is 10.2. The number of amides is 1. The summed E-state index contributed by atoms with van der Waals surface area (Å²) in [5, 5.41) is 6.60. The fraction of sp³-hybridized carbons (Fsp3) is 0.600. The second kappa shape index (κ2) is 11.6. The maximum atomic E-state index is 12.6. The molecule has 8 heteroatoms. The van der Waals surface area contributed by atoms with Crippen molar-refractivity contribution in [3.63, 3.8) is 0 Å². The first-order valence-corrected chi connectivity index (χ1v) is 9.91. The van der Waals surface area contributed by atoms with E-state index in [4.69, 9.17) is 4.74 Å². The van der Waals surface area contributed by atoms with Crippen LogP contribution in [0.4, 0.5) is 5.69 Å². The summed E-state index contributed by atoms with van der Waals surface area (Å²) < 4.78 is 5.41. The molecule has 0 saturated carbocycles. The standard InChI is InChI=1S/C20H31N5O2.HI/c1-3-21-20(22-14-16(2)24-10-12-27-13-11-24)23-15-19(26)25-9-8-17-6-4-5-7-18(17)25;/h4-7,16H,3,8-15H2,1-2H3,(H2,21,22,23);1H. The Kier molecular flexibility index (Phi) is 9.46. The maximum Gasteiger partial charge on any atom is 0.248 e. The summed E-state index contributed by atoms with van der Waals surface area (Å²) in [6.45, 7) is 10.2. The molecule has 2 aliphatic heterocycles. The van der Waals surface area contributed by atoms with Crippen molar-refractivity contribution in [3.05, 3.63) is 29.8 Å². The van der Waals surface area contributed by atoms with Gasteiger partial charge in [-0.1, -0.05) is 18.2 Å². The van der Waals surface area contributed by atoms with E-state index in [0.29, 0.717) is 12.0 Å². The van der Waals surface area contributed by atoms with Gasteiger partial charge < -0.3 is 20.3 Å². The third-order valence-electron chi connectivity index (χ3n) is 5.14. The zero-order valence-electron chi connectivity index (χ0n) is 16.8. The first-order chi connectivity index (χ1) is 13.2. The number of aliphatic imine (C=N–C) groups is 1. The molecule has 0 radical (unpaired) electrons. The third kappa shape index (κ3) is 6.05. The van der Waals surface area contributed by atoms with Crippen molar-refractivity contribution < 1.29 is 9.53 Å². The third-order valence-corrected chi connectivity index (χ3v) is 5.14. The van der Waals surface area contributed by atoms with Crippen LogP contribution in [0.25, 0.3) is 0 Å². The molecule has 1 amide bonds. The van der Waals surface area contributed by atoms with E-state index in [0.717, 1.165) is 58.0 Å². The van der Waals surface area contributed by atoms with E-state index in [-0.39, 0.29) is 36.4 Å². The van der Waals surface area contributed by atoms with E-state index in [1.807, 2.05) is 30.0 Å². The molecule has 2 heterocycles. The van der Waals surface area contributed by atoms with Crippen LogP contribution in [0.15, 0.2) is 29.3 Å². The quantitative estimate of drug-likeness (QED) is 0.351. The Labute approximate surface area is 184 Å². The number of fused-ring (bicyclic) bond motifs is 1. The molecular formula is C20H32IN5O2. The van der Waals surface area contributed by atoms with Crippen LogP contribution in [0.5, 0.6) is 0 Å². The normalized spacial score (nSPS) is 18.2. The molecule has 0 aromatic heterocycles. The van der Waals surface area contributed by atoms with Crippen molar-refractivity contribution in [1.82, 2.24) is 15.5 Å². The first-order valence-electron chi connectivity index (χ1n) is 9.91. The van der Waals surface area contributed by atoms with E-state index < -0.39 is 0 Å². The van der Waals surface area contributed by atoms with Crippen LogP contribution in [0.3, 0.4) is 0 Å². The number of guanidine groups is 1. The van der Waals surface area contributed by atoms with Gasteiger partial charge in [0.15, 0.2) is 5.96 Å². The van der Waals surface area contributed by atoms with Crippen LogP contribution in [0.2, 0.25) is 0 Å². The zero-order chi connectivity index (χ0) is 19.1. The van der Waals surface area contributed by atoms with Crippen LogP contribution in [0, 0.1) is 0 Å². The monoisotopic (exact) mass is 501 g/mol. The molecule has 0 aliphatic carbocycles. The highest BCUT2D eigenvalue weighted by Crippen LogP contribution is 2.27. The molecule has 28 heavy (non-hydrogen) atoms. The lowest BCUT2D eigenvalue weighted by Crippen LogP contribution is -2.49. The Morgan fingerprint density at radius 2 is 1.96 bits per heavy atom. The second-order valence-electron chi connectivity index (χ2n) is 7.00. The van der Waals surface area contributed by atoms with Gasteiger partial charge in [0.2, 0.25) is 5.91 Å². The molecule has 2 N–H and O–H groups in total. The molecule has 1 aromatic rings. The van der Waals surface area contributed by atoms with E-state index in [1.54, 1.807) is 0 Å². The maximum absolute atomic E-state index is 12.6. The number of hydrogen-bond acceptors (Lipinski definition) is 4. The van der Waals surface area contributed by atoms with Crippen molar-refractivity contribution in [2.75, 3.05) is 57.4 Å². The Morgan fingerprint density at radius 3 is 2.71 bits per heavy atom. The predicted molar refractivity (Wildman–Crippen MR) is 124 cm³/mol. The number of para-hydroxylation sites is 1. The fourth-order valence-corrected chi connectivity index (χ4v) is 3.56. The molecule has 156 valence electrons. The molecule has 0 bridgehead atoms. The van der Waals surface area contributed by atoms with Crippen LogP contribution in [0.1, 0.15) is 19.4 Å². The molecule has 1 aromatic carbocycles. The molecular weight excluding hydrogens is 469 g/mol. The van der Waals surface area contributed by atoms with Crippen molar-refractivity contribution in [2.45, 2.75) is 26.3 Å². The van der Waals surface area contributed by atoms with Crippen molar-refractivity contribution in [2.24, 2.45) is 4.99 Å². The van der Waals surface area contributed by atoms with Crippen LogP contribution in [-0.4, -0.2) is 75.3 Å². The lowest BCUT2D eigenvalue weighted by molar-refractivity contribution is -0.117. The summed E-state index contributed by atoms with van der Waals surface area (Å²) in [7, 11) is 0. The molecule has 1 fully saturated rings. The number of rotatable bonds is 6. The average molecular weight is 501 g/mol. The van der Waals surface area contributed by atoms with Gasteiger partial charge in [-0.25, -0.2) is 4.99 Å². The molecule has 1 saturated heterocycles. The Balaban J connectivity index is 0.00000280. The second-order valence-corrected chi connectivity index (χ2v) is 7.00. The van der Waals surface area contributed by atoms with Gasteiger partial charge in [0, 0.05) is 44.5 Å². The summed E-state index contributed by atoms with van der Waals surface area (Å²) in [4.78, 5) is 21.4. The van der Waals surface area contributed by atoms with Crippen molar-refractivity contribution in [3.8, 4) is 0 Å². The number of carbonyl (C=O) groups excluding carboxylic acids is 1. The number of ether oxygens (including phenoxy) is 1. The van der Waals surface area contributed by atoms with Crippen LogP contribution in [-0.2, 0) is 16.0 Å². The van der Waals surface area contributed by atoms with Gasteiger partial charge in [-0.05, 0) is 31.9 Å². The summed E-state index contributed by atoms with van der Waals surface area (Å²) in [5.74, 6) is 0.733. The molecule has 2 aliphatic rings.